The Bertz CT molecular complexity index is 597. The Labute approximate surface area is 118 Å². The maximum Gasteiger partial charge on any atom is 0.262 e. The lowest BCUT2D eigenvalue weighted by molar-refractivity contribution is -0.118. The minimum atomic E-state index is -0.200. The van der Waals surface area contributed by atoms with Crippen molar-refractivity contribution in [1.29, 1.82) is 0 Å². The molecule has 0 aromatic heterocycles. The minimum Gasteiger partial charge on any atom is -0.483 e. The Morgan fingerprint density at radius 2 is 1.85 bits per heavy atom. The van der Waals surface area contributed by atoms with E-state index >= 15 is 0 Å². The molecule has 3 N–H and O–H groups in total. The van der Waals surface area contributed by atoms with Crippen LogP contribution in [-0.4, -0.2) is 12.5 Å². The molecule has 0 aliphatic rings. The molecule has 0 radical (unpaired) electrons. The molecule has 0 atom stereocenters. The van der Waals surface area contributed by atoms with Crippen LogP contribution >= 0.6 is 0 Å². The summed E-state index contributed by atoms with van der Waals surface area (Å²) in [5, 5.41) is 2.81. The lowest BCUT2D eigenvalue weighted by Gasteiger charge is -2.11. The number of amides is 1. The highest BCUT2D eigenvalue weighted by molar-refractivity contribution is 5.92. The van der Waals surface area contributed by atoms with Crippen LogP contribution in [0.25, 0.3) is 0 Å². The largest absolute Gasteiger partial charge is 0.483 e. The molecule has 20 heavy (non-hydrogen) atoms. The number of carbonyl (C=O) groups excluding carboxylic acids is 1. The molecule has 0 fully saturated rings. The van der Waals surface area contributed by atoms with Gasteiger partial charge in [0.05, 0.1) is 0 Å². The molecule has 0 spiro atoms. The van der Waals surface area contributed by atoms with Gasteiger partial charge in [-0.05, 0) is 30.2 Å². The molecule has 0 heterocycles. The third-order valence-electron chi connectivity index (χ3n) is 2.96. The first-order chi connectivity index (χ1) is 9.70. The summed E-state index contributed by atoms with van der Waals surface area (Å²) in [6.45, 7) is 2.30. The number of rotatable bonds is 5. The van der Waals surface area contributed by atoms with Crippen molar-refractivity contribution in [2.24, 2.45) is 5.73 Å². The SMILES string of the molecule is Cc1ccccc1OCC(=O)Nc1ccccc1CN. The molecule has 104 valence electrons. The highest BCUT2D eigenvalue weighted by Crippen LogP contribution is 2.17. The fraction of sp³-hybridized carbons (Fsp3) is 0.188. The number of ether oxygens (including phenoxy) is 1. The number of benzene rings is 2. The van der Waals surface area contributed by atoms with Gasteiger partial charge in [0, 0.05) is 12.2 Å². The van der Waals surface area contributed by atoms with Crippen LogP contribution < -0.4 is 15.8 Å². The maximum atomic E-state index is 11.9. The summed E-state index contributed by atoms with van der Waals surface area (Å²) < 4.78 is 5.50. The number of hydrogen-bond donors (Lipinski definition) is 2. The molecule has 4 heteroatoms. The van der Waals surface area contributed by atoms with Crippen LogP contribution in [0.15, 0.2) is 48.5 Å². The topological polar surface area (TPSA) is 64.3 Å². The molecule has 0 aliphatic carbocycles. The predicted octanol–water partition coefficient (Wildman–Crippen LogP) is 2.47. The van der Waals surface area contributed by atoms with Gasteiger partial charge in [-0.15, -0.1) is 0 Å². The fourth-order valence-corrected chi connectivity index (χ4v) is 1.87. The van der Waals surface area contributed by atoms with E-state index in [2.05, 4.69) is 5.32 Å². The normalized spacial score (nSPS) is 10.1. The van der Waals surface area contributed by atoms with E-state index < -0.39 is 0 Å². The molecule has 0 saturated heterocycles. The lowest BCUT2D eigenvalue weighted by Crippen LogP contribution is -2.21. The van der Waals surface area contributed by atoms with E-state index in [4.69, 9.17) is 10.5 Å². The summed E-state index contributed by atoms with van der Waals surface area (Å²) in [6.07, 6.45) is 0. The second-order valence-electron chi connectivity index (χ2n) is 4.46. The van der Waals surface area contributed by atoms with Crippen LogP contribution in [0.2, 0.25) is 0 Å². The summed E-state index contributed by atoms with van der Waals surface area (Å²) in [4.78, 5) is 11.9. The number of nitrogens with one attached hydrogen (secondary N) is 1. The molecule has 2 aromatic rings. The Morgan fingerprint density at radius 1 is 1.15 bits per heavy atom. The van der Waals surface area contributed by atoms with Gasteiger partial charge in [0.1, 0.15) is 5.75 Å². The number of anilines is 1. The quantitative estimate of drug-likeness (QED) is 0.877. The first kappa shape index (κ1) is 14.1. The zero-order valence-corrected chi connectivity index (χ0v) is 11.4. The van der Waals surface area contributed by atoms with E-state index in [1.807, 2.05) is 55.5 Å². The second-order valence-corrected chi connectivity index (χ2v) is 4.46. The van der Waals surface area contributed by atoms with E-state index in [0.717, 1.165) is 22.6 Å². The van der Waals surface area contributed by atoms with E-state index in [-0.39, 0.29) is 12.5 Å². The molecule has 2 rings (SSSR count). The summed E-state index contributed by atoms with van der Waals surface area (Å²) in [5.41, 5.74) is 8.26. The van der Waals surface area contributed by atoms with E-state index in [1.54, 1.807) is 0 Å². The molecule has 1 amide bonds. The average molecular weight is 270 g/mol. The van der Waals surface area contributed by atoms with Crippen molar-refractivity contribution in [3.63, 3.8) is 0 Å². The Kier molecular flexibility index (Phi) is 4.74. The fourth-order valence-electron chi connectivity index (χ4n) is 1.87. The summed E-state index contributed by atoms with van der Waals surface area (Å²) in [7, 11) is 0. The van der Waals surface area contributed by atoms with Crippen molar-refractivity contribution in [3.05, 3.63) is 59.7 Å². The predicted molar refractivity (Wildman–Crippen MR) is 79.6 cm³/mol. The van der Waals surface area contributed by atoms with Gasteiger partial charge < -0.3 is 15.8 Å². The number of carbonyl (C=O) groups is 1. The molecule has 0 aliphatic heterocycles. The van der Waals surface area contributed by atoms with Crippen molar-refractivity contribution in [2.45, 2.75) is 13.5 Å². The van der Waals surface area contributed by atoms with Gasteiger partial charge in [0.15, 0.2) is 6.61 Å². The molecule has 0 unspecified atom stereocenters. The van der Waals surface area contributed by atoms with Crippen LogP contribution in [-0.2, 0) is 11.3 Å². The van der Waals surface area contributed by atoms with Crippen LogP contribution in [0.5, 0.6) is 5.75 Å². The zero-order valence-electron chi connectivity index (χ0n) is 11.4. The standard InChI is InChI=1S/C16H18N2O2/c1-12-6-2-5-9-15(12)20-11-16(19)18-14-8-4-3-7-13(14)10-17/h2-9H,10-11,17H2,1H3,(H,18,19). The van der Waals surface area contributed by atoms with Crippen molar-refractivity contribution in [1.82, 2.24) is 0 Å². The third-order valence-corrected chi connectivity index (χ3v) is 2.96. The molecule has 0 saturated carbocycles. The molecule has 2 aromatic carbocycles. The monoisotopic (exact) mass is 270 g/mol. The average Bonchev–Trinajstić information content (AvgIpc) is 2.47. The van der Waals surface area contributed by atoms with Crippen molar-refractivity contribution >= 4 is 11.6 Å². The smallest absolute Gasteiger partial charge is 0.262 e. The zero-order chi connectivity index (χ0) is 14.4. The second kappa shape index (κ2) is 6.73. The van der Waals surface area contributed by atoms with Crippen LogP contribution in [0, 0.1) is 6.92 Å². The van der Waals surface area contributed by atoms with E-state index in [0.29, 0.717) is 6.54 Å². The van der Waals surface area contributed by atoms with Gasteiger partial charge in [-0.1, -0.05) is 36.4 Å². The highest BCUT2D eigenvalue weighted by Gasteiger charge is 2.07. The molecular formula is C16H18N2O2. The van der Waals surface area contributed by atoms with Gasteiger partial charge >= 0.3 is 0 Å². The van der Waals surface area contributed by atoms with E-state index in [1.165, 1.54) is 0 Å². The summed E-state index contributed by atoms with van der Waals surface area (Å²) >= 11 is 0. The summed E-state index contributed by atoms with van der Waals surface area (Å²) in [5.74, 6) is 0.518. The minimum absolute atomic E-state index is 0.0240. The first-order valence-electron chi connectivity index (χ1n) is 6.47. The summed E-state index contributed by atoms with van der Waals surface area (Å²) in [6, 6.07) is 15.1. The van der Waals surface area contributed by atoms with Crippen LogP contribution in [0.1, 0.15) is 11.1 Å². The maximum absolute atomic E-state index is 11.9. The number of aryl methyl sites for hydroxylation is 1. The van der Waals surface area contributed by atoms with Crippen LogP contribution in [0.4, 0.5) is 5.69 Å². The van der Waals surface area contributed by atoms with Crippen molar-refractivity contribution in [3.8, 4) is 5.75 Å². The van der Waals surface area contributed by atoms with Crippen molar-refractivity contribution < 1.29 is 9.53 Å². The van der Waals surface area contributed by atoms with Gasteiger partial charge in [-0.25, -0.2) is 0 Å². The molecule has 0 bridgehead atoms. The first-order valence-corrected chi connectivity index (χ1v) is 6.47. The third kappa shape index (κ3) is 3.59. The molecular weight excluding hydrogens is 252 g/mol. The molecule has 4 nitrogen and oxygen atoms in total. The number of nitrogens with two attached hydrogens (primary N) is 1. The van der Waals surface area contributed by atoms with Crippen LogP contribution in [0.3, 0.4) is 0 Å². The number of para-hydroxylation sites is 2. The Balaban J connectivity index is 1.95. The Morgan fingerprint density at radius 3 is 2.60 bits per heavy atom. The number of hydrogen-bond acceptors (Lipinski definition) is 3. The van der Waals surface area contributed by atoms with Gasteiger partial charge in [0.2, 0.25) is 0 Å². The van der Waals surface area contributed by atoms with E-state index in [9.17, 15) is 4.79 Å². The Hall–Kier alpha value is -2.33. The van der Waals surface area contributed by atoms with Crippen molar-refractivity contribution in [2.75, 3.05) is 11.9 Å². The lowest BCUT2D eigenvalue weighted by atomic mass is 10.2. The van der Waals surface area contributed by atoms with Gasteiger partial charge in [0.25, 0.3) is 5.91 Å². The van der Waals surface area contributed by atoms with Gasteiger partial charge in [-0.3, -0.25) is 4.79 Å². The highest BCUT2D eigenvalue weighted by atomic mass is 16.5. The van der Waals surface area contributed by atoms with Gasteiger partial charge in [-0.2, -0.15) is 0 Å².